The Morgan fingerprint density at radius 1 is 0.875 bits per heavy atom. The lowest BCUT2D eigenvalue weighted by Gasteiger charge is -2.17. The van der Waals surface area contributed by atoms with Gasteiger partial charge in [0.2, 0.25) is 0 Å². The van der Waals surface area contributed by atoms with Crippen molar-refractivity contribution in [3.63, 3.8) is 0 Å². The number of alkyl halides is 6. The van der Waals surface area contributed by atoms with Gasteiger partial charge in [0.1, 0.15) is 0 Å². The van der Waals surface area contributed by atoms with Gasteiger partial charge in [0.25, 0.3) is 0 Å². The molecule has 0 aliphatic carbocycles. The van der Waals surface area contributed by atoms with Crippen LogP contribution in [0.15, 0.2) is 34.1 Å². The molecule has 0 nitrogen and oxygen atoms in total. The highest BCUT2D eigenvalue weighted by Crippen LogP contribution is 2.41. The third kappa shape index (κ3) is 6.63. The van der Waals surface area contributed by atoms with Gasteiger partial charge in [0.15, 0.2) is 0 Å². The maximum atomic E-state index is 13.3. The van der Waals surface area contributed by atoms with Gasteiger partial charge in [0.05, 0.1) is 11.1 Å². The van der Waals surface area contributed by atoms with E-state index >= 15 is 0 Å². The summed E-state index contributed by atoms with van der Waals surface area (Å²) < 4.78 is 77.7. The molecule has 0 fully saturated rings. The van der Waals surface area contributed by atoms with Crippen LogP contribution in [0, 0.1) is 0 Å². The zero-order chi connectivity index (χ0) is 18.4. The van der Waals surface area contributed by atoms with Crippen molar-refractivity contribution in [3.05, 3.63) is 45.2 Å². The Hall–Kier alpha value is -0.760. The molecule has 0 aliphatic rings. The van der Waals surface area contributed by atoms with Crippen LogP contribution in [0.3, 0.4) is 0 Å². The molecule has 136 valence electrons. The highest BCUT2D eigenvalue weighted by molar-refractivity contribution is 8.22. The molecule has 0 saturated heterocycles. The monoisotopic (exact) mass is 388 g/mol. The summed E-state index contributed by atoms with van der Waals surface area (Å²) in [4.78, 5) is 0. The largest absolute Gasteiger partial charge is 0.416 e. The molecular weight excluding hydrogens is 370 g/mol. The topological polar surface area (TPSA) is 0 Å². The van der Waals surface area contributed by atoms with Crippen molar-refractivity contribution in [1.82, 2.24) is 0 Å². The average Bonchev–Trinajstić information content (AvgIpc) is 2.46. The van der Waals surface area contributed by atoms with Crippen LogP contribution in [-0.2, 0) is 12.6 Å². The molecule has 1 rings (SSSR count). The van der Waals surface area contributed by atoms with E-state index in [1.807, 2.05) is 0 Å². The first-order chi connectivity index (χ1) is 11.1. The molecule has 0 bridgehead atoms. The predicted octanol–water partition coefficient (Wildman–Crippen LogP) is 6.92. The van der Waals surface area contributed by atoms with E-state index in [1.54, 1.807) is 13.8 Å². The molecule has 1 aromatic carbocycles. The fourth-order valence-corrected chi connectivity index (χ4v) is 4.32. The minimum atomic E-state index is -4.45. The lowest BCUT2D eigenvalue weighted by molar-refractivity contribution is -0.137. The van der Waals surface area contributed by atoms with Crippen LogP contribution in [0.4, 0.5) is 26.3 Å². The first-order valence-corrected chi connectivity index (χ1v) is 9.28. The summed E-state index contributed by atoms with van der Waals surface area (Å²) in [5.74, 6) is 1.06. The summed E-state index contributed by atoms with van der Waals surface area (Å²) in [6.07, 6.45) is -9.08. The minimum Gasteiger partial charge on any atom is -0.166 e. The van der Waals surface area contributed by atoms with Gasteiger partial charge in [-0.25, -0.2) is 0 Å². The Labute approximate surface area is 146 Å². The number of thioether (sulfide) groups is 2. The van der Waals surface area contributed by atoms with Crippen molar-refractivity contribution in [2.45, 2.75) is 39.0 Å². The Morgan fingerprint density at radius 3 is 1.75 bits per heavy atom. The van der Waals surface area contributed by atoms with Crippen molar-refractivity contribution < 1.29 is 26.3 Å². The molecule has 0 radical (unpaired) electrons. The third-order valence-electron chi connectivity index (χ3n) is 3.08. The van der Waals surface area contributed by atoms with Crippen molar-refractivity contribution in [1.29, 1.82) is 0 Å². The second-order valence-electron chi connectivity index (χ2n) is 4.82. The van der Waals surface area contributed by atoms with E-state index in [9.17, 15) is 26.3 Å². The van der Waals surface area contributed by atoms with Gasteiger partial charge in [-0.05, 0) is 42.0 Å². The minimum absolute atomic E-state index is 0.0467. The van der Waals surface area contributed by atoms with Crippen LogP contribution >= 0.6 is 23.5 Å². The fraction of sp³-hybridized carbons (Fsp3) is 0.500. The van der Waals surface area contributed by atoms with Crippen LogP contribution in [0.25, 0.3) is 0 Å². The van der Waals surface area contributed by atoms with Crippen molar-refractivity contribution in [3.8, 4) is 0 Å². The second kappa shape index (κ2) is 9.08. The number of rotatable bonds is 7. The van der Waals surface area contributed by atoms with E-state index < -0.39 is 23.5 Å². The highest BCUT2D eigenvalue weighted by Gasteiger charge is 2.36. The van der Waals surface area contributed by atoms with E-state index in [4.69, 9.17) is 0 Å². The predicted molar refractivity (Wildman–Crippen MR) is 89.1 cm³/mol. The fourth-order valence-electron chi connectivity index (χ4n) is 1.97. The Balaban J connectivity index is 2.95. The van der Waals surface area contributed by atoms with Crippen LogP contribution in [0.5, 0.6) is 0 Å². The van der Waals surface area contributed by atoms with E-state index in [-0.39, 0.29) is 17.1 Å². The molecule has 0 unspecified atom stereocenters. The standard InChI is InChI=1S/C16H18F6S2/c1-3-23-14(24-4-2)13(16(20,21)22)10-7-11-5-8-12(9-6-11)15(17,18)19/h5-6,8-9H,3-4,7,10H2,1-2H3. The zero-order valence-electron chi connectivity index (χ0n) is 13.2. The number of hydrogen-bond donors (Lipinski definition) is 0. The number of halogens is 6. The molecule has 0 spiro atoms. The first-order valence-electron chi connectivity index (χ1n) is 7.31. The third-order valence-corrected chi connectivity index (χ3v) is 5.39. The van der Waals surface area contributed by atoms with E-state index in [0.29, 0.717) is 17.1 Å². The van der Waals surface area contributed by atoms with E-state index in [0.717, 1.165) is 35.7 Å². The Kier molecular flexibility index (Phi) is 8.05. The molecule has 8 heteroatoms. The van der Waals surface area contributed by atoms with Crippen LogP contribution in [0.1, 0.15) is 31.4 Å². The maximum absolute atomic E-state index is 13.3. The summed E-state index contributed by atoms with van der Waals surface area (Å²) in [6.45, 7) is 3.56. The molecule has 0 aliphatic heterocycles. The molecule has 0 saturated carbocycles. The smallest absolute Gasteiger partial charge is 0.166 e. The highest BCUT2D eigenvalue weighted by atomic mass is 32.2. The van der Waals surface area contributed by atoms with Crippen LogP contribution in [0.2, 0.25) is 0 Å². The van der Waals surface area contributed by atoms with Gasteiger partial charge in [-0.2, -0.15) is 26.3 Å². The molecule has 0 amide bonds. The lowest BCUT2D eigenvalue weighted by atomic mass is 10.0. The number of hydrogen-bond acceptors (Lipinski definition) is 2. The average molecular weight is 388 g/mol. The van der Waals surface area contributed by atoms with Crippen molar-refractivity contribution >= 4 is 23.5 Å². The van der Waals surface area contributed by atoms with Crippen LogP contribution < -0.4 is 0 Å². The van der Waals surface area contributed by atoms with Gasteiger partial charge in [-0.15, -0.1) is 23.5 Å². The van der Waals surface area contributed by atoms with Gasteiger partial charge < -0.3 is 0 Å². The molecular formula is C16H18F6S2. The second-order valence-corrected chi connectivity index (χ2v) is 7.63. The maximum Gasteiger partial charge on any atom is 0.416 e. The van der Waals surface area contributed by atoms with Crippen molar-refractivity contribution in [2.24, 2.45) is 0 Å². The SMILES string of the molecule is CCSC(SCC)=C(CCc1ccc(C(F)(F)F)cc1)C(F)(F)F. The summed E-state index contributed by atoms with van der Waals surface area (Å²) in [6, 6.07) is 4.26. The summed E-state index contributed by atoms with van der Waals surface area (Å²) in [5, 5.41) is 0. The van der Waals surface area contributed by atoms with Gasteiger partial charge in [-0.1, -0.05) is 26.0 Å². The van der Waals surface area contributed by atoms with Gasteiger partial charge >= 0.3 is 12.4 Å². The summed E-state index contributed by atoms with van der Waals surface area (Å²) >= 11 is 2.30. The van der Waals surface area contributed by atoms with E-state index in [1.165, 1.54) is 12.1 Å². The molecule has 24 heavy (non-hydrogen) atoms. The quantitative estimate of drug-likeness (QED) is 0.465. The van der Waals surface area contributed by atoms with Crippen LogP contribution in [-0.4, -0.2) is 17.7 Å². The molecule has 0 N–H and O–H groups in total. The Morgan fingerprint density at radius 2 is 1.38 bits per heavy atom. The van der Waals surface area contributed by atoms with E-state index in [2.05, 4.69) is 0 Å². The lowest BCUT2D eigenvalue weighted by Crippen LogP contribution is -2.14. The summed E-state index contributed by atoms with van der Waals surface area (Å²) in [7, 11) is 0. The molecule has 1 aromatic rings. The van der Waals surface area contributed by atoms with Gasteiger partial charge in [0, 0.05) is 4.24 Å². The van der Waals surface area contributed by atoms with Crippen molar-refractivity contribution in [2.75, 3.05) is 11.5 Å². The number of allylic oxidation sites excluding steroid dienone is 1. The molecule has 0 heterocycles. The summed E-state index contributed by atoms with van der Waals surface area (Å²) in [5.41, 5.74) is -0.949. The first kappa shape index (κ1) is 21.3. The number of benzene rings is 1. The molecule has 0 atom stereocenters. The van der Waals surface area contributed by atoms with Gasteiger partial charge in [-0.3, -0.25) is 0 Å². The Bertz CT molecular complexity index is 535. The zero-order valence-corrected chi connectivity index (χ0v) is 14.9. The number of aryl methyl sites for hydroxylation is 1. The normalized spacial score (nSPS) is 12.3. The molecule has 0 aromatic heterocycles.